The number of rotatable bonds is 8. The van der Waals surface area contributed by atoms with Gasteiger partial charge in [0.25, 0.3) is 5.91 Å². The second kappa shape index (κ2) is 8.66. The quantitative estimate of drug-likeness (QED) is 0.312. The van der Waals surface area contributed by atoms with Crippen LogP contribution in [0, 0.1) is 10.1 Å². The van der Waals surface area contributed by atoms with E-state index in [2.05, 4.69) is 5.32 Å². The first-order valence-corrected chi connectivity index (χ1v) is 9.20. The molecule has 0 radical (unpaired) electrons. The van der Waals surface area contributed by atoms with Crippen LogP contribution < -0.4 is 10.1 Å². The number of nitro groups is 1. The predicted octanol–water partition coefficient (Wildman–Crippen LogP) is 3.62. The monoisotopic (exact) mass is 401 g/mol. The molecule has 1 fully saturated rings. The van der Waals surface area contributed by atoms with Crippen molar-refractivity contribution in [1.29, 1.82) is 0 Å². The van der Waals surface area contributed by atoms with E-state index in [4.69, 9.17) is 21.4 Å². The highest BCUT2D eigenvalue weighted by Gasteiger charge is 2.30. The van der Waals surface area contributed by atoms with Crippen molar-refractivity contribution >= 4 is 35.0 Å². The minimum atomic E-state index is -0.502. The standard InChI is InChI=1S/C19H19N3O5S/c1-2-3-10-21-18(23)15(20-19(21)28)11-13-8-9-14(27-13)12-26-17-7-5-4-6-16(17)22(24)25/h4-9,11H,2-3,10,12H2,1H3,(H,20,28)/b15-11+. The van der Waals surface area contributed by atoms with Crippen LogP contribution in [0.1, 0.15) is 31.3 Å². The number of hydrogen-bond donors (Lipinski definition) is 1. The van der Waals surface area contributed by atoms with E-state index >= 15 is 0 Å². The zero-order valence-corrected chi connectivity index (χ0v) is 16.0. The lowest BCUT2D eigenvalue weighted by molar-refractivity contribution is -0.386. The van der Waals surface area contributed by atoms with E-state index in [1.165, 1.54) is 17.0 Å². The van der Waals surface area contributed by atoms with Gasteiger partial charge in [-0.3, -0.25) is 19.8 Å². The molecule has 2 heterocycles. The summed E-state index contributed by atoms with van der Waals surface area (Å²) in [7, 11) is 0. The molecule has 2 aromatic rings. The normalized spacial score (nSPS) is 15.2. The van der Waals surface area contributed by atoms with Crippen LogP contribution in [0.2, 0.25) is 0 Å². The van der Waals surface area contributed by atoms with Gasteiger partial charge in [0.1, 0.15) is 23.8 Å². The fraction of sp³-hybridized carbons (Fsp3) is 0.263. The summed E-state index contributed by atoms with van der Waals surface area (Å²) in [5, 5.41) is 14.3. The van der Waals surface area contributed by atoms with Gasteiger partial charge in [0.05, 0.1) is 4.92 Å². The number of thiocarbonyl (C=S) groups is 1. The number of para-hydroxylation sites is 2. The summed E-state index contributed by atoms with van der Waals surface area (Å²) in [5.74, 6) is 0.902. The first-order chi connectivity index (χ1) is 13.5. The molecule has 0 spiro atoms. The Labute approximate surface area is 166 Å². The molecule has 28 heavy (non-hydrogen) atoms. The van der Waals surface area contributed by atoms with Crippen LogP contribution in [-0.2, 0) is 11.4 Å². The molecule has 1 N–H and O–H groups in total. The molecule has 146 valence electrons. The van der Waals surface area contributed by atoms with Gasteiger partial charge in [-0.05, 0) is 36.8 Å². The van der Waals surface area contributed by atoms with E-state index in [-0.39, 0.29) is 24.0 Å². The Hall–Kier alpha value is -3.20. The molecular weight excluding hydrogens is 382 g/mol. The molecule has 1 aromatic carbocycles. The van der Waals surface area contributed by atoms with Gasteiger partial charge < -0.3 is 14.5 Å². The molecule has 3 rings (SSSR count). The van der Waals surface area contributed by atoms with Gasteiger partial charge in [-0.1, -0.05) is 25.5 Å². The Morgan fingerprint density at radius 3 is 2.86 bits per heavy atom. The summed E-state index contributed by atoms with van der Waals surface area (Å²) >= 11 is 5.21. The summed E-state index contributed by atoms with van der Waals surface area (Å²) < 4.78 is 11.1. The van der Waals surface area contributed by atoms with Crippen molar-refractivity contribution in [2.75, 3.05) is 6.54 Å². The van der Waals surface area contributed by atoms with Crippen LogP contribution in [0.3, 0.4) is 0 Å². The number of carbonyl (C=O) groups excluding carboxylic acids is 1. The van der Waals surface area contributed by atoms with E-state index in [0.29, 0.717) is 28.9 Å². The number of nitrogens with zero attached hydrogens (tertiary/aromatic N) is 2. The Bertz CT molecular complexity index is 937. The highest BCUT2D eigenvalue weighted by Crippen LogP contribution is 2.27. The number of carbonyl (C=O) groups is 1. The average molecular weight is 401 g/mol. The molecule has 1 amide bonds. The molecule has 1 saturated heterocycles. The molecule has 0 unspecified atom stereocenters. The summed E-state index contributed by atoms with van der Waals surface area (Å²) in [5.41, 5.74) is 0.236. The summed E-state index contributed by atoms with van der Waals surface area (Å²) in [6.07, 6.45) is 3.41. The first kappa shape index (κ1) is 19.6. The van der Waals surface area contributed by atoms with E-state index in [9.17, 15) is 14.9 Å². The van der Waals surface area contributed by atoms with Gasteiger partial charge in [-0.2, -0.15) is 0 Å². The topological polar surface area (TPSA) is 97.9 Å². The van der Waals surface area contributed by atoms with Gasteiger partial charge in [0, 0.05) is 18.7 Å². The van der Waals surface area contributed by atoms with Crippen LogP contribution in [-0.4, -0.2) is 27.4 Å². The third-order valence-electron chi connectivity index (χ3n) is 4.10. The SMILES string of the molecule is CCCCN1C(=O)/C(=C\c2ccc(COc3ccccc3[N+](=O)[O-])o2)NC1=S. The summed E-state index contributed by atoms with van der Waals surface area (Å²) in [6, 6.07) is 9.51. The lowest BCUT2D eigenvalue weighted by Gasteiger charge is -2.12. The zero-order chi connectivity index (χ0) is 20.1. The van der Waals surface area contributed by atoms with Crippen molar-refractivity contribution in [2.45, 2.75) is 26.4 Å². The molecule has 0 bridgehead atoms. The minimum absolute atomic E-state index is 0.0242. The number of furan rings is 1. The van der Waals surface area contributed by atoms with Gasteiger partial charge in [-0.15, -0.1) is 0 Å². The Morgan fingerprint density at radius 1 is 1.32 bits per heavy atom. The predicted molar refractivity (Wildman–Crippen MR) is 106 cm³/mol. The van der Waals surface area contributed by atoms with Crippen LogP contribution in [0.15, 0.2) is 46.5 Å². The number of ether oxygens (including phenoxy) is 1. The Morgan fingerprint density at radius 2 is 2.11 bits per heavy atom. The smallest absolute Gasteiger partial charge is 0.310 e. The van der Waals surface area contributed by atoms with Crippen molar-refractivity contribution in [1.82, 2.24) is 10.2 Å². The number of nitro benzene ring substituents is 1. The first-order valence-electron chi connectivity index (χ1n) is 8.79. The number of benzene rings is 1. The second-order valence-corrected chi connectivity index (χ2v) is 6.50. The number of nitrogens with one attached hydrogen (secondary N) is 1. The largest absolute Gasteiger partial charge is 0.479 e. The highest BCUT2D eigenvalue weighted by molar-refractivity contribution is 7.80. The summed E-state index contributed by atoms with van der Waals surface area (Å²) in [4.78, 5) is 24.5. The van der Waals surface area contributed by atoms with Gasteiger partial charge in [0.2, 0.25) is 0 Å². The molecule has 1 aliphatic rings. The maximum absolute atomic E-state index is 12.4. The van der Waals surface area contributed by atoms with Crippen molar-refractivity contribution in [2.24, 2.45) is 0 Å². The lowest BCUT2D eigenvalue weighted by atomic mass is 10.3. The third kappa shape index (κ3) is 4.37. The maximum Gasteiger partial charge on any atom is 0.310 e. The maximum atomic E-state index is 12.4. The summed E-state index contributed by atoms with van der Waals surface area (Å²) in [6.45, 7) is 2.65. The molecule has 1 aromatic heterocycles. The fourth-order valence-corrected chi connectivity index (χ4v) is 2.95. The molecule has 1 aliphatic heterocycles. The van der Waals surface area contributed by atoms with Crippen LogP contribution in [0.25, 0.3) is 6.08 Å². The van der Waals surface area contributed by atoms with E-state index in [1.807, 2.05) is 6.92 Å². The van der Waals surface area contributed by atoms with E-state index < -0.39 is 4.92 Å². The molecule has 8 nitrogen and oxygen atoms in total. The second-order valence-electron chi connectivity index (χ2n) is 6.12. The van der Waals surface area contributed by atoms with Crippen molar-refractivity contribution in [3.05, 3.63) is 63.7 Å². The molecular formula is C19H19N3O5S. The van der Waals surface area contributed by atoms with Crippen LogP contribution in [0.5, 0.6) is 5.75 Å². The van der Waals surface area contributed by atoms with Crippen molar-refractivity contribution < 1.29 is 18.9 Å². The Kier molecular flexibility index (Phi) is 6.05. The average Bonchev–Trinajstić information content (AvgIpc) is 3.23. The van der Waals surface area contributed by atoms with Gasteiger partial charge in [0.15, 0.2) is 10.9 Å². The lowest BCUT2D eigenvalue weighted by Crippen LogP contribution is -2.31. The number of amides is 1. The van der Waals surface area contributed by atoms with Crippen LogP contribution in [0.4, 0.5) is 5.69 Å². The molecule has 0 atom stereocenters. The number of hydrogen-bond acceptors (Lipinski definition) is 6. The molecule has 0 saturated carbocycles. The van der Waals surface area contributed by atoms with Crippen molar-refractivity contribution in [3.8, 4) is 5.75 Å². The van der Waals surface area contributed by atoms with Crippen LogP contribution >= 0.6 is 12.2 Å². The zero-order valence-electron chi connectivity index (χ0n) is 15.2. The van der Waals surface area contributed by atoms with Gasteiger partial charge >= 0.3 is 5.69 Å². The van der Waals surface area contributed by atoms with E-state index in [1.54, 1.807) is 30.3 Å². The highest BCUT2D eigenvalue weighted by atomic mass is 32.1. The molecule has 0 aliphatic carbocycles. The number of unbranched alkanes of at least 4 members (excludes halogenated alkanes) is 1. The van der Waals surface area contributed by atoms with Crippen molar-refractivity contribution in [3.63, 3.8) is 0 Å². The Balaban J connectivity index is 1.66. The third-order valence-corrected chi connectivity index (χ3v) is 4.42. The van der Waals surface area contributed by atoms with E-state index in [0.717, 1.165) is 12.8 Å². The van der Waals surface area contributed by atoms with Gasteiger partial charge in [-0.25, -0.2) is 0 Å². The molecule has 9 heteroatoms. The minimum Gasteiger partial charge on any atom is -0.479 e. The fourth-order valence-electron chi connectivity index (χ4n) is 2.66.